The summed E-state index contributed by atoms with van der Waals surface area (Å²) >= 11 is 6.17. The fraction of sp³-hybridized carbons (Fsp3) is 0.208. The first kappa shape index (κ1) is 23.4. The molecule has 32 heavy (non-hydrogen) atoms. The quantitative estimate of drug-likeness (QED) is 0.359. The molecular weight excluding hydrogens is 428 g/mol. The highest BCUT2D eigenvalue weighted by molar-refractivity contribution is 6.34. The summed E-state index contributed by atoms with van der Waals surface area (Å²) in [5.41, 5.74) is 2.11. The van der Waals surface area contributed by atoms with Crippen molar-refractivity contribution in [2.75, 3.05) is 26.0 Å². The Morgan fingerprint density at radius 3 is 2.12 bits per heavy atom. The molecule has 0 radical (unpaired) electrons. The molecule has 0 saturated heterocycles. The molecule has 3 aromatic rings. The Balaban J connectivity index is 1.82. The maximum absolute atomic E-state index is 13.2. The van der Waals surface area contributed by atoms with E-state index in [1.807, 2.05) is 62.6 Å². The van der Waals surface area contributed by atoms with E-state index in [1.165, 1.54) is 18.2 Å². The molecular formula is C24H25ClN4O3. The number of likely N-dealkylation sites (N-methyl/N-ethyl adjacent to an activating group) is 1. The Morgan fingerprint density at radius 2 is 1.59 bits per heavy atom. The van der Waals surface area contributed by atoms with E-state index in [4.69, 9.17) is 11.6 Å². The maximum atomic E-state index is 13.2. The molecule has 0 heterocycles. The Hall–Kier alpha value is -3.26. The van der Waals surface area contributed by atoms with E-state index in [9.17, 15) is 14.9 Å². The number of nitro groups is 1. The summed E-state index contributed by atoms with van der Waals surface area (Å²) in [7, 11) is 3.99. The monoisotopic (exact) mass is 452 g/mol. The molecule has 0 bridgehead atoms. The molecule has 7 nitrogen and oxygen atoms in total. The number of nitro benzene ring substituents is 1. The molecule has 0 spiro atoms. The van der Waals surface area contributed by atoms with Crippen molar-refractivity contribution < 1.29 is 9.72 Å². The zero-order valence-electron chi connectivity index (χ0n) is 17.9. The summed E-state index contributed by atoms with van der Waals surface area (Å²) in [5, 5.41) is 17.2. The number of hydrogen-bond donors (Lipinski definition) is 2. The first-order valence-electron chi connectivity index (χ1n) is 10.1. The minimum Gasteiger partial charge on any atom is -0.323 e. The third-order valence-electron chi connectivity index (χ3n) is 5.14. The Kier molecular flexibility index (Phi) is 7.94. The standard InChI is InChI=1S/C24H25ClN4O3/c1-28(2)22(17-9-5-3-6-10-17)16-26-23(18-11-7-4-8-12-18)24(30)27-21-14-13-19(29(31)32)15-20(21)25/h3-15,22-23,26H,16H2,1-2H3,(H,27,30)/t22-,23+/m1/s1. The van der Waals surface area contributed by atoms with Gasteiger partial charge in [0, 0.05) is 24.7 Å². The molecule has 3 aromatic carbocycles. The highest BCUT2D eigenvalue weighted by Gasteiger charge is 2.24. The van der Waals surface area contributed by atoms with Crippen molar-refractivity contribution in [1.29, 1.82) is 0 Å². The van der Waals surface area contributed by atoms with Crippen LogP contribution >= 0.6 is 11.6 Å². The molecule has 0 aliphatic rings. The number of amides is 1. The number of anilines is 1. The Bertz CT molecular complexity index is 1060. The summed E-state index contributed by atoms with van der Waals surface area (Å²) in [6.45, 7) is 0.526. The average Bonchev–Trinajstić information content (AvgIpc) is 2.78. The second-order valence-electron chi connectivity index (χ2n) is 7.55. The van der Waals surface area contributed by atoms with E-state index >= 15 is 0 Å². The van der Waals surface area contributed by atoms with Crippen LogP contribution in [0.3, 0.4) is 0 Å². The molecule has 0 fully saturated rings. The van der Waals surface area contributed by atoms with E-state index in [1.54, 1.807) is 0 Å². The number of nitrogens with one attached hydrogen (secondary N) is 2. The lowest BCUT2D eigenvalue weighted by molar-refractivity contribution is -0.384. The van der Waals surface area contributed by atoms with Gasteiger partial charge in [0.2, 0.25) is 5.91 Å². The first-order valence-corrected chi connectivity index (χ1v) is 10.5. The summed E-state index contributed by atoms with van der Waals surface area (Å²) < 4.78 is 0. The molecule has 2 atom stereocenters. The first-order chi connectivity index (χ1) is 15.4. The van der Waals surface area contributed by atoms with Crippen molar-refractivity contribution in [3.63, 3.8) is 0 Å². The van der Waals surface area contributed by atoms with Gasteiger partial charge in [0.1, 0.15) is 6.04 Å². The van der Waals surface area contributed by atoms with Crippen LogP contribution in [0.25, 0.3) is 0 Å². The second-order valence-corrected chi connectivity index (χ2v) is 7.96. The van der Waals surface area contributed by atoms with Crippen LogP contribution in [0.1, 0.15) is 23.2 Å². The average molecular weight is 453 g/mol. The number of rotatable bonds is 9. The van der Waals surface area contributed by atoms with Crippen molar-refractivity contribution in [3.05, 3.63) is 105 Å². The molecule has 0 saturated carbocycles. The highest BCUT2D eigenvalue weighted by atomic mass is 35.5. The normalized spacial score (nSPS) is 12.9. The van der Waals surface area contributed by atoms with Crippen LogP contribution in [0.4, 0.5) is 11.4 Å². The van der Waals surface area contributed by atoms with Crippen molar-refractivity contribution in [2.24, 2.45) is 0 Å². The van der Waals surface area contributed by atoms with Crippen LogP contribution in [0, 0.1) is 10.1 Å². The van der Waals surface area contributed by atoms with Crippen LogP contribution in [-0.2, 0) is 4.79 Å². The van der Waals surface area contributed by atoms with Gasteiger partial charge in [-0.25, -0.2) is 0 Å². The van der Waals surface area contributed by atoms with Crippen LogP contribution in [-0.4, -0.2) is 36.4 Å². The smallest absolute Gasteiger partial charge is 0.271 e. The topological polar surface area (TPSA) is 87.5 Å². The van der Waals surface area contributed by atoms with E-state index in [2.05, 4.69) is 27.7 Å². The van der Waals surface area contributed by atoms with Crippen LogP contribution < -0.4 is 10.6 Å². The number of hydrogen-bond acceptors (Lipinski definition) is 5. The Labute approximate surface area is 192 Å². The zero-order chi connectivity index (χ0) is 23.1. The van der Waals surface area contributed by atoms with Crippen LogP contribution in [0.5, 0.6) is 0 Å². The van der Waals surface area contributed by atoms with E-state index in [0.29, 0.717) is 12.2 Å². The van der Waals surface area contributed by atoms with Crippen LogP contribution in [0.15, 0.2) is 78.9 Å². The van der Waals surface area contributed by atoms with Gasteiger partial charge in [0.05, 0.1) is 15.6 Å². The lowest BCUT2D eigenvalue weighted by Gasteiger charge is -2.28. The van der Waals surface area contributed by atoms with E-state index in [-0.39, 0.29) is 22.7 Å². The van der Waals surface area contributed by atoms with Crippen LogP contribution in [0.2, 0.25) is 5.02 Å². The largest absolute Gasteiger partial charge is 0.323 e. The molecule has 2 N–H and O–H groups in total. The summed E-state index contributed by atoms with van der Waals surface area (Å²) in [6, 6.07) is 22.8. The predicted octanol–water partition coefficient (Wildman–Crippen LogP) is 4.82. The lowest BCUT2D eigenvalue weighted by Crippen LogP contribution is -2.38. The van der Waals surface area contributed by atoms with Gasteiger partial charge in [-0.3, -0.25) is 14.9 Å². The van der Waals surface area contributed by atoms with E-state index in [0.717, 1.165) is 11.1 Å². The molecule has 3 rings (SSSR count). The number of benzene rings is 3. The van der Waals surface area contributed by atoms with Gasteiger partial charge >= 0.3 is 0 Å². The predicted molar refractivity (Wildman–Crippen MR) is 127 cm³/mol. The molecule has 1 amide bonds. The lowest BCUT2D eigenvalue weighted by atomic mass is 10.0. The fourth-order valence-corrected chi connectivity index (χ4v) is 3.66. The summed E-state index contributed by atoms with van der Waals surface area (Å²) in [6.07, 6.45) is 0. The van der Waals surface area contributed by atoms with Gasteiger partial charge in [0.15, 0.2) is 0 Å². The summed E-state index contributed by atoms with van der Waals surface area (Å²) in [4.78, 5) is 25.7. The molecule has 0 aromatic heterocycles. The van der Waals surface area contributed by atoms with Gasteiger partial charge in [-0.15, -0.1) is 0 Å². The zero-order valence-corrected chi connectivity index (χ0v) is 18.6. The van der Waals surface area contributed by atoms with Crippen molar-refractivity contribution in [2.45, 2.75) is 12.1 Å². The Morgan fingerprint density at radius 1 is 1.00 bits per heavy atom. The highest BCUT2D eigenvalue weighted by Crippen LogP contribution is 2.28. The second kappa shape index (κ2) is 10.9. The molecule has 0 aliphatic heterocycles. The molecule has 8 heteroatoms. The van der Waals surface area contributed by atoms with Gasteiger partial charge in [-0.1, -0.05) is 72.3 Å². The van der Waals surface area contributed by atoms with Gasteiger partial charge in [-0.05, 0) is 31.3 Å². The third kappa shape index (κ3) is 5.91. The third-order valence-corrected chi connectivity index (χ3v) is 5.45. The molecule has 0 unspecified atom stereocenters. The van der Waals surface area contributed by atoms with Gasteiger partial charge < -0.3 is 15.5 Å². The fourth-order valence-electron chi connectivity index (χ4n) is 3.43. The SMILES string of the molecule is CN(C)[C@H](CN[C@H](C(=O)Nc1ccc([N+](=O)[O-])cc1Cl)c1ccccc1)c1ccccc1. The minimum absolute atomic E-state index is 0.0539. The number of carbonyl (C=O) groups is 1. The summed E-state index contributed by atoms with van der Waals surface area (Å²) in [5.74, 6) is -0.308. The maximum Gasteiger partial charge on any atom is 0.271 e. The molecule has 166 valence electrons. The number of halogens is 1. The van der Waals surface area contributed by atoms with Crippen molar-refractivity contribution in [3.8, 4) is 0 Å². The number of carbonyl (C=O) groups excluding carboxylic acids is 1. The van der Waals surface area contributed by atoms with Crippen molar-refractivity contribution >= 4 is 28.9 Å². The number of nitrogens with zero attached hydrogens (tertiary/aromatic N) is 2. The number of non-ortho nitro benzene ring substituents is 1. The van der Waals surface area contributed by atoms with Gasteiger partial charge in [-0.2, -0.15) is 0 Å². The van der Waals surface area contributed by atoms with Gasteiger partial charge in [0.25, 0.3) is 5.69 Å². The van der Waals surface area contributed by atoms with E-state index < -0.39 is 11.0 Å². The minimum atomic E-state index is -0.645. The molecule has 0 aliphatic carbocycles. The van der Waals surface area contributed by atoms with Crippen molar-refractivity contribution in [1.82, 2.24) is 10.2 Å².